The minimum absolute atomic E-state index is 0.0946. The summed E-state index contributed by atoms with van der Waals surface area (Å²) >= 11 is 0. The van der Waals surface area contributed by atoms with Crippen LogP contribution in [0.1, 0.15) is 12.0 Å². The van der Waals surface area contributed by atoms with E-state index in [2.05, 4.69) is 15.5 Å². The fraction of sp³-hybridized carbons (Fsp3) is 0.263. The topological polar surface area (TPSA) is 143 Å². The lowest BCUT2D eigenvalue weighted by Crippen LogP contribution is -2.36. The van der Waals surface area contributed by atoms with Gasteiger partial charge in [-0.05, 0) is 36.6 Å². The summed E-state index contributed by atoms with van der Waals surface area (Å²) in [6.07, 6.45) is -0.380. The number of fused-ring (bicyclic) bond motifs is 1. The van der Waals surface area contributed by atoms with Crippen molar-refractivity contribution in [1.82, 2.24) is 14.8 Å². The number of carboxylic acid groups (broad SMARTS) is 1. The van der Waals surface area contributed by atoms with Crippen molar-refractivity contribution in [2.24, 2.45) is 12.8 Å². The summed E-state index contributed by atoms with van der Waals surface area (Å²) < 4.78 is 33.3. The average Bonchev–Trinajstić information content (AvgIpc) is 3.22. The van der Waals surface area contributed by atoms with Crippen molar-refractivity contribution in [3.8, 4) is 0 Å². The van der Waals surface area contributed by atoms with Crippen molar-refractivity contribution < 1.29 is 27.9 Å². The maximum absolute atomic E-state index is 12.3. The number of aryl methyl sites for hydroxylation is 2. The predicted molar refractivity (Wildman–Crippen MR) is 106 cm³/mol. The minimum Gasteiger partial charge on any atom is -0.475 e. The van der Waals surface area contributed by atoms with Crippen molar-refractivity contribution in [3.05, 3.63) is 58.6 Å². The summed E-state index contributed by atoms with van der Waals surface area (Å²) in [5.74, 6) is -3.01. The molecule has 1 aromatic carbocycles. The summed E-state index contributed by atoms with van der Waals surface area (Å²) in [5.41, 5.74) is 8.30. The molecular weight excluding hydrogens is 419 g/mol. The summed E-state index contributed by atoms with van der Waals surface area (Å²) in [7, 11) is 1.70. The monoisotopic (exact) mass is 439 g/mol. The zero-order valence-corrected chi connectivity index (χ0v) is 16.3. The third kappa shape index (κ3) is 6.40. The van der Waals surface area contributed by atoms with E-state index in [1.807, 2.05) is 6.07 Å². The lowest BCUT2D eigenvalue weighted by molar-refractivity contribution is -0.192. The second-order valence-corrected chi connectivity index (χ2v) is 6.51. The first-order valence-corrected chi connectivity index (χ1v) is 8.93. The molecule has 1 amide bonds. The number of carbonyl (C=O) groups excluding carboxylic acids is 1. The molecule has 0 aliphatic rings. The van der Waals surface area contributed by atoms with Crippen molar-refractivity contribution in [1.29, 1.82) is 0 Å². The Hall–Kier alpha value is -3.67. The van der Waals surface area contributed by atoms with Crippen LogP contribution in [-0.2, 0) is 23.1 Å². The number of aliphatic carboxylic acids is 1. The number of halogens is 3. The second kappa shape index (κ2) is 9.89. The zero-order valence-electron chi connectivity index (χ0n) is 16.3. The van der Waals surface area contributed by atoms with Gasteiger partial charge in [0.15, 0.2) is 0 Å². The van der Waals surface area contributed by atoms with E-state index < -0.39 is 18.2 Å². The van der Waals surface area contributed by atoms with Gasteiger partial charge in [0.1, 0.15) is 0 Å². The van der Waals surface area contributed by atoms with Gasteiger partial charge in [0, 0.05) is 24.7 Å². The number of carbonyl (C=O) groups is 2. The average molecular weight is 439 g/mol. The van der Waals surface area contributed by atoms with Gasteiger partial charge in [0.25, 0.3) is 5.56 Å². The number of aromatic nitrogens is 3. The Balaban J connectivity index is 0.000000423. The molecule has 0 fully saturated rings. The fourth-order valence-corrected chi connectivity index (χ4v) is 2.61. The molecule has 166 valence electrons. The molecule has 5 N–H and O–H groups in total. The molecule has 0 saturated heterocycles. The fourth-order valence-electron chi connectivity index (χ4n) is 2.61. The van der Waals surface area contributed by atoms with Gasteiger partial charge in [-0.2, -0.15) is 18.3 Å². The molecule has 0 bridgehead atoms. The van der Waals surface area contributed by atoms with Gasteiger partial charge in [-0.3, -0.25) is 14.7 Å². The Morgan fingerprint density at radius 3 is 2.55 bits per heavy atom. The largest absolute Gasteiger partial charge is 0.490 e. The highest BCUT2D eigenvalue weighted by atomic mass is 19.4. The van der Waals surface area contributed by atoms with E-state index >= 15 is 0 Å². The maximum Gasteiger partial charge on any atom is 0.490 e. The van der Waals surface area contributed by atoms with Crippen LogP contribution in [0.15, 0.2) is 47.5 Å². The van der Waals surface area contributed by atoms with Crippen LogP contribution in [0.5, 0.6) is 0 Å². The third-order valence-corrected chi connectivity index (χ3v) is 4.30. The molecule has 1 unspecified atom stereocenters. The SMILES string of the molecule is Cn1c(=O)ccc2c(NC(=O)C(N)CCc3cn[nH]c3)cccc21.O=C(O)C(F)(F)F. The number of aromatic amines is 1. The van der Waals surface area contributed by atoms with Crippen molar-refractivity contribution in [3.63, 3.8) is 0 Å². The van der Waals surface area contributed by atoms with Gasteiger partial charge in [0.05, 0.1) is 23.4 Å². The number of nitrogens with zero attached hydrogens (tertiary/aromatic N) is 2. The lowest BCUT2D eigenvalue weighted by atomic mass is 10.1. The quantitative estimate of drug-likeness (QED) is 0.477. The standard InChI is InChI=1S/C17H19N5O2.C2HF3O2/c1-22-15-4-2-3-14(12(15)6-8-16(22)23)21-17(24)13(18)7-5-11-9-19-20-10-11;3-2(4,5)1(6)7/h2-4,6,8-10,13H,5,7,18H2,1H3,(H,19,20)(H,21,24);(H,6,7). The minimum atomic E-state index is -5.08. The number of anilines is 1. The highest BCUT2D eigenvalue weighted by Crippen LogP contribution is 2.22. The molecule has 31 heavy (non-hydrogen) atoms. The molecule has 3 aromatic rings. The summed E-state index contributed by atoms with van der Waals surface area (Å²) in [6, 6.07) is 8.01. The molecule has 0 spiro atoms. The van der Waals surface area contributed by atoms with E-state index in [0.29, 0.717) is 18.5 Å². The first-order valence-electron chi connectivity index (χ1n) is 8.93. The van der Waals surface area contributed by atoms with Crippen molar-refractivity contribution in [2.45, 2.75) is 25.1 Å². The van der Waals surface area contributed by atoms with E-state index in [0.717, 1.165) is 16.5 Å². The Bertz CT molecular complexity index is 1110. The highest BCUT2D eigenvalue weighted by molar-refractivity contribution is 6.02. The number of pyridine rings is 1. The van der Waals surface area contributed by atoms with Crippen molar-refractivity contribution in [2.75, 3.05) is 5.32 Å². The molecule has 2 heterocycles. The van der Waals surface area contributed by atoms with Gasteiger partial charge < -0.3 is 20.7 Å². The van der Waals surface area contributed by atoms with Crippen LogP contribution in [0.3, 0.4) is 0 Å². The molecule has 2 aromatic heterocycles. The summed E-state index contributed by atoms with van der Waals surface area (Å²) in [4.78, 5) is 33.0. The summed E-state index contributed by atoms with van der Waals surface area (Å²) in [5, 5.41) is 17.4. The van der Waals surface area contributed by atoms with Crippen LogP contribution in [0.2, 0.25) is 0 Å². The molecule has 0 aliphatic carbocycles. The van der Waals surface area contributed by atoms with E-state index in [9.17, 15) is 22.8 Å². The van der Waals surface area contributed by atoms with E-state index in [1.54, 1.807) is 42.2 Å². The van der Waals surface area contributed by atoms with E-state index in [1.165, 1.54) is 6.07 Å². The van der Waals surface area contributed by atoms with E-state index in [-0.39, 0.29) is 11.5 Å². The first-order chi connectivity index (χ1) is 14.5. The number of hydrogen-bond acceptors (Lipinski definition) is 5. The predicted octanol–water partition coefficient (Wildman–Crippen LogP) is 1.79. The Labute approximate surface area is 173 Å². The van der Waals surface area contributed by atoms with Crippen LogP contribution in [0, 0.1) is 0 Å². The van der Waals surface area contributed by atoms with Gasteiger partial charge in [0.2, 0.25) is 5.91 Å². The van der Waals surface area contributed by atoms with Gasteiger partial charge in [-0.1, -0.05) is 6.07 Å². The zero-order chi connectivity index (χ0) is 23.2. The lowest BCUT2D eigenvalue weighted by Gasteiger charge is -2.14. The first kappa shape index (κ1) is 23.6. The van der Waals surface area contributed by atoms with Gasteiger partial charge in [-0.25, -0.2) is 4.79 Å². The number of carboxylic acids is 1. The number of H-pyrrole nitrogens is 1. The molecule has 9 nitrogen and oxygen atoms in total. The maximum atomic E-state index is 12.3. The van der Waals surface area contributed by atoms with Crippen LogP contribution < -0.4 is 16.6 Å². The third-order valence-electron chi connectivity index (χ3n) is 4.30. The van der Waals surface area contributed by atoms with Gasteiger partial charge in [-0.15, -0.1) is 0 Å². The van der Waals surface area contributed by atoms with Gasteiger partial charge >= 0.3 is 12.1 Å². The molecule has 0 radical (unpaired) electrons. The van der Waals surface area contributed by atoms with Crippen LogP contribution in [0.4, 0.5) is 18.9 Å². The number of alkyl halides is 3. The molecule has 12 heteroatoms. The van der Waals surface area contributed by atoms with Crippen LogP contribution >= 0.6 is 0 Å². The molecular formula is C19H20F3N5O4. The second-order valence-electron chi connectivity index (χ2n) is 6.51. The normalized spacial score (nSPS) is 12.0. The Kier molecular flexibility index (Phi) is 7.53. The smallest absolute Gasteiger partial charge is 0.475 e. The molecule has 3 rings (SSSR count). The molecule has 0 aliphatic heterocycles. The number of nitrogens with one attached hydrogen (secondary N) is 2. The number of benzene rings is 1. The van der Waals surface area contributed by atoms with Crippen LogP contribution in [0.25, 0.3) is 10.9 Å². The van der Waals surface area contributed by atoms with Crippen LogP contribution in [-0.4, -0.2) is 44.0 Å². The van der Waals surface area contributed by atoms with Crippen molar-refractivity contribution >= 4 is 28.5 Å². The number of amides is 1. The Morgan fingerprint density at radius 2 is 1.97 bits per heavy atom. The Morgan fingerprint density at radius 1 is 1.29 bits per heavy atom. The molecule has 0 saturated carbocycles. The number of hydrogen-bond donors (Lipinski definition) is 4. The number of nitrogens with two attached hydrogens (primary N) is 1. The van der Waals surface area contributed by atoms with E-state index in [4.69, 9.17) is 15.6 Å². The molecule has 1 atom stereocenters. The number of rotatable bonds is 5. The highest BCUT2D eigenvalue weighted by Gasteiger charge is 2.38. The summed E-state index contributed by atoms with van der Waals surface area (Å²) in [6.45, 7) is 0.